The number of aryl methyl sites for hydroxylation is 1. The van der Waals surface area contributed by atoms with Crippen LogP contribution in [0.25, 0.3) is 16.7 Å². The summed E-state index contributed by atoms with van der Waals surface area (Å²) < 4.78 is 79.0. The van der Waals surface area contributed by atoms with E-state index in [9.17, 15) is 26.7 Å². The van der Waals surface area contributed by atoms with E-state index in [0.29, 0.717) is 31.1 Å². The number of pyridine rings is 1. The summed E-state index contributed by atoms with van der Waals surface area (Å²) in [7, 11) is 1.64. The number of H-pyrrole nitrogens is 1. The third-order valence-corrected chi connectivity index (χ3v) is 7.64. The molecule has 0 radical (unpaired) electrons. The highest BCUT2D eigenvalue weighted by molar-refractivity contribution is 5.79. The number of benzene rings is 1. The third-order valence-electron chi connectivity index (χ3n) is 7.64. The molecular formula is C26H26F5N7O2. The zero-order valence-electron chi connectivity index (χ0n) is 21.7. The molecule has 1 atom stereocenters. The van der Waals surface area contributed by atoms with E-state index in [1.807, 2.05) is 11.8 Å². The monoisotopic (exact) mass is 563 g/mol. The predicted octanol–water partition coefficient (Wildman–Crippen LogP) is 3.80. The zero-order valence-corrected chi connectivity index (χ0v) is 21.7. The highest BCUT2D eigenvalue weighted by atomic mass is 19.4. The minimum absolute atomic E-state index is 0.0335. The lowest BCUT2D eigenvalue weighted by Crippen LogP contribution is -2.51. The van der Waals surface area contributed by atoms with Crippen molar-refractivity contribution in [2.24, 2.45) is 7.05 Å². The fourth-order valence-corrected chi connectivity index (χ4v) is 5.85. The highest BCUT2D eigenvalue weighted by Crippen LogP contribution is 2.56. The predicted molar refractivity (Wildman–Crippen MR) is 133 cm³/mol. The van der Waals surface area contributed by atoms with Gasteiger partial charge in [-0.25, -0.2) is 13.8 Å². The second-order valence-electron chi connectivity index (χ2n) is 10.6. The molecule has 1 N–H and O–H groups in total. The van der Waals surface area contributed by atoms with Gasteiger partial charge in [0.15, 0.2) is 0 Å². The molecule has 212 valence electrons. The van der Waals surface area contributed by atoms with Crippen molar-refractivity contribution in [2.45, 2.75) is 49.9 Å². The first-order valence-electron chi connectivity index (χ1n) is 12.7. The molecule has 0 unspecified atom stereocenters. The standard InChI is InChI=1S/C26H26F5N7O2/c1-15-9-37(6-7-40-15)11-19-33-20-18(26(29,30)31)10-38(22(39)21(20)34-19)17-5-3-4-16(8-17)24(12-25(27,28)13-24)23-35-32-14-36(23)2/h3-5,8,10,14-15H,6-7,9,11-13H2,1-2H3,(H,33,34)/t15-/m1/s1. The molecule has 1 saturated carbocycles. The van der Waals surface area contributed by atoms with E-state index in [-0.39, 0.29) is 29.7 Å². The molecule has 0 spiro atoms. The molecule has 2 aliphatic rings. The van der Waals surface area contributed by atoms with Gasteiger partial charge in [0.25, 0.3) is 11.5 Å². The molecule has 4 heterocycles. The van der Waals surface area contributed by atoms with Crippen LogP contribution in [0.2, 0.25) is 0 Å². The molecule has 9 nitrogen and oxygen atoms in total. The molecular weight excluding hydrogens is 537 g/mol. The molecule has 2 fully saturated rings. The smallest absolute Gasteiger partial charge is 0.376 e. The Balaban J connectivity index is 1.45. The Labute approximate surface area is 224 Å². The fraction of sp³-hybridized carbons (Fsp3) is 0.462. The van der Waals surface area contributed by atoms with Gasteiger partial charge in [-0.05, 0) is 24.6 Å². The topological polar surface area (TPSA) is 93.9 Å². The number of ether oxygens (including phenoxy) is 1. The van der Waals surface area contributed by atoms with E-state index in [1.165, 1.54) is 24.5 Å². The Morgan fingerprint density at radius 3 is 2.65 bits per heavy atom. The van der Waals surface area contributed by atoms with E-state index < -0.39 is 47.0 Å². The minimum atomic E-state index is -4.80. The summed E-state index contributed by atoms with van der Waals surface area (Å²) in [5.41, 5.74) is -3.26. The lowest BCUT2D eigenvalue weighted by molar-refractivity contribution is -0.136. The Hall–Kier alpha value is -3.65. The van der Waals surface area contributed by atoms with Crippen LogP contribution in [0.4, 0.5) is 22.0 Å². The van der Waals surface area contributed by atoms with E-state index in [2.05, 4.69) is 20.2 Å². The molecule has 0 bridgehead atoms. The molecule has 3 aromatic heterocycles. The van der Waals surface area contributed by atoms with Gasteiger partial charge in [-0.1, -0.05) is 12.1 Å². The quantitative estimate of drug-likeness (QED) is 0.372. The van der Waals surface area contributed by atoms with E-state index in [0.717, 1.165) is 10.8 Å². The summed E-state index contributed by atoms with van der Waals surface area (Å²) in [5, 5.41) is 7.88. The maximum atomic E-state index is 14.2. The second-order valence-corrected chi connectivity index (χ2v) is 10.6. The van der Waals surface area contributed by atoms with Gasteiger partial charge in [0, 0.05) is 44.9 Å². The number of aromatic nitrogens is 6. The number of hydrogen-bond acceptors (Lipinski definition) is 6. The van der Waals surface area contributed by atoms with Gasteiger partial charge in [-0.2, -0.15) is 13.2 Å². The molecule has 1 aliphatic carbocycles. The second kappa shape index (κ2) is 9.20. The summed E-state index contributed by atoms with van der Waals surface area (Å²) in [6, 6.07) is 6.06. The molecule has 4 aromatic rings. The Bertz CT molecular complexity index is 1630. The van der Waals surface area contributed by atoms with Gasteiger partial charge in [-0.15, -0.1) is 10.2 Å². The lowest BCUT2D eigenvalue weighted by atomic mass is 9.61. The van der Waals surface area contributed by atoms with E-state index in [4.69, 9.17) is 4.74 Å². The van der Waals surface area contributed by atoms with Crippen LogP contribution >= 0.6 is 0 Å². The maximum absolute atomic E-state index is 14.2. The van der Waals surface area contributed by atoms with Gasteiger partial charge >= 0.3 is 6.18 Å². The normalized spacial score (nSPS) is 21.0. The molecule has 1 saturated heterocycles. The number of rotatable bonds is 5. The van der Waals surface area contributed by atoms with Crippen molar-refractivity contribution in [1.29, 1.82) is 0 Å². The van der Waals surface area contributed by atoms with Gasteiger partial charge < -0.3 is 14.3 Å². The number of aromatic amines is 1. The minimum Gasteiger partial charge on any atom is -0.376 e. The summed E-state index contributed by atoms with van der Waals surface area (Å²) in [6.45, 7) is 3.77. The highest BCUT2D eigenvalue weighted by Gasteiger charge is 2.60. The first kappa shape index (κ1) is 26.6. The van der Waals surface area contributed by atoms with Gasteiger partial charge in [-0.3, -0.25) is 14.3 Å². The molecule has 14 heteroatoms. The number of alkyl halides is 5. The van der Waals surface area contributed by atoms with Crippen LogP contribution < -0.4 is 5.56 Å². The molecule has 6 rings (SSSR count). The summed E-state index contributed by atoms with van der Waals surface area (Å²) in [6.07, 6.45) is -3.80. The first-order valence-corrected chi connectivity index (χ1v) is 12.7. The maximum Gasteiger partial charge on any atom is 0.419 e. The first-order chi connectivity index (χ1) is 18.9. The molecule has 1 aliphatic heterocycles. The average molecular weight is 564 g/mol. The number of imidazole rings is 1. The van der Waals surface area contributed by atoms with Gasteiger partial charge in [0.05, 0.1) is 24.7 Å². The number of fused-ring (bicyclic) bond motifs is 1. The Kier molecular flexibility index (Phi) is 6.11. The molecule has 1 aromatic carbocycles. The van der Waals surface area contributed by atoms with Gasteiger partial charge in [0.1, 0.15) is 34.6 Å². The number of hydrogen-bond donors (Lipinski definition) is 1. The largest absolute Gasteiger partial charge is 0.419 e. The van der Waals surface area contributed by atoms with Crippen molar-refractivity contribution < 1.29 is 26.7 Å². The molecule has 40 heavy (non-hydrogen) atoms. The van der Waals surface area contributed by atoms with Crippen LogP contribution in [-0.4, -0.2) is 65.9 Å². The van der Waals surface area contributed by atoms with Crippen LogP contribution in [-0.2, 0) is 29.9 Å². The summed E-state index contributed by atoms with van der Waals surface area (Å²) in [5.74, 6) is -2.40. The van der Waals surface area contributed by atoms with Crippen LogP contribution in [0, 0.1) is 0 Å². The SMILES string of the molecule is C[C@@H]1CN(Cc2nc3c(C(F)(F)F)cn(-c4cccc(C5(c6nncn6C)CC(F)(F)C5)c4)c(=O)c3[nH]2)CCO1. The van der Waals surface area contributed by atoms with Crippen LogP contribution in [0.15, 0.2) is 41.6 Å². The van der Waals surface area contributed by atoms with Crippen molar-refractivity contribution >= 4 is 11.0 Å². The van der Waals surface area contributed by atoms with Crippen LogP contribution in [0.1, 0.15) is 42.5 Å². The number of nitrogens with one attached hydrogen (secondary N) is 1. The number of nitrogens with zero attached hydrogens (tertiary/aromatic N) is 6. The van der Waals surface area contributed by atoms with Crippen molar-refractivity contribution in [3.8, 4) is 5.69 Å². The van der Waals surface area contributed by atoms with Crippen molar-refractivity contribution in [3.63, 3.8) is 0 Å². The number of halogens is 5. The van der Waals surface area contributed by atoms with Gasteiger partial charge in [0.2, 0.25) is 0 Å². The molecule has 0 amide bonds. The zero-order chi connectivity index (χ0) is 28.4. The van der Waals surface area contributed by atoms with Crippen LogP contribution in [0.3, 0.4) is 0 Å². The van der Waals surface area contributed by atoms with Crippen LogP contribution in [0.5, 0.6) is 0 Å². The Morgan fingerprint density at radius 1 is 1.23 bits per heavy atom. The lowest BCUT2D eigenvalue weighted by Gasteiger charge is -2.46. The summed E-state index contributed by atoms with van der Waals surface area (Å²) >= 11 is 0. The van der Waals surface area contributed by atoms with Crippen molar-refractivity contribution in [2.75, 3.05) is 19.7 Å². The van der Waals surface area contributed by atoms with E-state index in [1.54, 1.807) is 17.7 Å². The summed E-state index contributed by atoms with van der Waals surface area (Å²) in [4.78, 5) is 22.5. The Morgan fingerprint density at radius 2 is 2.00 bits per heavy atom. The van der Waals surface area contributed by atoms with Crippen molar-refractivity contribution in [3.05, 3.63) is 69.9 Å². The third kappa shape index (κ3) is 4.48. The van der Waals surface area contributed by atoms with E-state index >= 15 is 0 Å². The fourth-order valence-electron chi connectivity index (χ4n) is 5.85. The van der Waals surface area contributed by atoms with Crippen molar-refractivity contribution in [1.82, 2.24) is 34.2 Å². The average Bonchev–Trinajstić information content (AvgIpc) is 3.48. The number of morpholine rings is 1.